The first-order chi connectivity index (χ1) is 12.2. The third-order valence-corrected chi connectivity index (χ3v) is 5.69. The molecule has 5 heteroatoms. The van der Waals surface area contributed by atoms with Crippen molar-refractivity contribution in [3.05, 3.63) is 29.8 Å². The minimum Gasteiger partial charge on any atom is -0.378 e. The molecule has 25 heavy (non-hydrogen) atoms. The highest BCUT2D eigenvalue weighted by molar-refractivity contribution is 5.75. The van der Waals surface area contributed by atoms with Crippen molar-refractivity contribution in [1.29, 1.82) is 0 Å². The van der Waals surface area contributed by atoms with Gasteiger partial charge in [-0.1, -0.05) is 18.2 Å². The fourth-order valence-electron chi connectivity index (χ4n) is 3.88. The monoisotopic (exact) mass is 343 g/mol. The number of hydrogen-bond acceptors (Lipinski definition) is 3. The van der Waals surface area contributed by atoms with Gasteiger partial charge < -0.3 is 19.9 Å². The number of anilines is 1. The maximum Gasteiger partial charge on any atom is 0.318 e. The molecular weight excluding hydrogens is 314 g/mol. The van der Waals surface area contributed by atoms with Crippen molar-refractivity contribution in [1.82, 2.24) is 10.2 Å². The summed E-state index contributed by atoms with van der Waals surface area (Å²) < 4.78 is 5.46. The average molecular weight is 343 g/mol. The Bertz CT molecular complexity index is 607. The van der Waals surface area contributed by atoms with E-state index in [1.54, 1.807) is 0 Å². The lowest BCUT2D eigenvalue weighted by molar-refractivity contribution is 0.122. The fraction of sp³-hybridized carbons (Fsp3) is 0.650. The highest BCUT2D eigenvalue weighted by Gasteiger charge is 2.41. The summed E-state index contributed by atoms with van der Waals surface area (Å²) in [4.78, 5) is 17.3. The second-order valence-corrected chi connectivity index (χ2v) is 7.60. The minimum absolute atomic E-state index is 0.110. The first-order valence-electron chi connectivity index (χ1n) is 9.71. The second kappa shape index (κ2) is 7.24. The Kier molecular flexibility index (Phi) is 4.84. The lowest BCUT2D eigenvalue weighted by Gasteiger charge is -2.32. The predicted molar refractivity (Wildman–Crippen MR) is 98.8 cm³/mol. The maximum atomic E-state index is 12.8. The Hall–Kier alpha value is -1.75. The molecule has 0 unspecified atom stereocenters. The lowest BCUT2D eigenvalue weighted by atomic mass is 10.1. The minimum atomic E-state index is 0.110. The van der Waals surface area contributed by atoms with Gasteiger partial charge in [0, 0.05) is 37.4 Å². The van der Waals surface area contributed by atoms with E-state index in [0.717, 1.165) is 39.1 Å². The number of carbonyl (C=O) groups is 1. The van der Waals surface area contributed by atoms with Gasteiger partial charge in [0.2, 0.25) is 0 Å². The number of benzene rings is 1. The van der Waals surface area contributed by atoms with Crippen LogP contribution in [-0.4, -0.2) is 49.3 Å². The number of morpholine rings is 1. The van der Waals surface area contributed by atoms with Crippen molar-refractivity contribution in [2.24, 2.45) is 5.92 Å². The molecule has 1 N–H and O–H groups in total. The first kappa shape index (κ1) is 16.7. The van der Waals surface area contributed by atoms with E-state index in [-0.39, 0.29) is 6.03 Å². The number of ether oxygens (including phenoxy) is 1. The van der Waals surface area contributed by atoms with Gasteiger partial charge in [0.05, 0.1) is 13.2 Å². The number of para-hydroxylation sites is 1. The molecule has 1 aromatic rings. The van der Waals surface area contributed by atoms with E-state index in [4.69, 9.17) is 4.74 Å². The van der Waals surface area contributed by atoms with Crippen LogP contribution in [0.1, 0.15) is 38.2 Å². The molecule has 1 saturated heterocycles. The van der Waals surface area contributed by atoms with E-state index < -0.39 is 0 Å². The third kappa shape index (κ3) is 3.92. The molecule has 5 nitrogen and oxygen atoms in total. The second-order valence-electron chi connectivity index (χ2n) is 7.60. The van der Waals surface area contributed by atoms with Crippen LogP contribution in [0, 0.1) is 5.92 Å². The van der Waals surface area contributed by atoms with Crippen LogP contribution in [0.3, 0.4) is 0 Å². The Balaban J connectivity index is 1.41. The van der Waals surface area contributed by atoms with E-state index in [9.17, 15) is 4.79 Å². The normalized spacial score (nSPS) is 21.7. The lowest BCUT2D eigenvalue weighted by Crippen LogP contribution is -2.47. The van der Waals surface area contributed by atoms with Crippen molar-refractivity contribution in [2.45, 2.75) is 51.2 Å². The standard InChI is InChI=1S/C20H29N3O2/c1-15(16-6-7-16)23(18-8-9-18)20(24)21-14-17-4-2-3-5-19(17)22-10-12-25-13-11-22/h2-5,15-16,18H,6-14H2,1H3,(H,21,24)/t15-/m0/s1. The first-order valence-corrected chi connectivity index (χ1v) is 9.71. The predicted octanol–water partition coefficient (Wildman–Crippen LogP) is 3.00. The van der Waals surface area contributed by atoms with Crippen LogP contribution in [0.2, 0.25) is 0 Å². The Labute approximate surface area is 150 Å². The zero-order valence-corrected chi connectivity index (χ0v) is 15.1. The van der Waals surface area contributed by atoms with Crippen LogP contribution in [-0.2, 0) is 11.3 Å². The van der Waals surface area contributed by atoms with Crippen molar-refractivity contribution in [2.75, 3.05) is 31.2 Å². The van der Waals surface area contributed by atoms with Crippen LogP contribution >= 0.6 is 0 Å². The van der Waals surface area contributed by atoms with Gasteiger partial charge in [-0.3, -0.25) is 0 Å². The molecule has 4 rings (SSSR count). The van der Waals surface area contributed by atoms with Gasteiger partial charge in [-0.25, -0.2) is 4.79 Å². The van der Waals surface area contributed by atoms with Crippen molar-refractivity contribution in [3.63, 3.8) is 0 Å². The van der Waals surface area contributed by atoms with Crippen molar-refractivity contribution in [3.8, 4) is 0 Å². The molecule has 2 saturated carbocycles. The van der Waals surface area contributed by atoms with Crippen molar-refractivity contribution < 1.29 is 9.53 Å². The summed E-state index contributed by atoms with van der Waals surface area (Å²) in [5.41, 5.74) is 2.41. The summed E-state index contributed by atoms with van der Waals surface area (Å²) in [6.07, 6.45) is 4.87. The molecule has 0 spiro atoms. The van der Waals surface area contributed by atoms with E-state index in [0.29, 0.717) is 24.5 Å². The van der Waals surface area contributed by atoms with Crippen LogP contribution < -0.4 is 10.2 Å². The molecule has 1 aliphatic heterocycles. The topological polar surface area (TPSA) is 44.8 Å². The maximum absolute atomic E-state index is 12.8. The Morgan fingerprint density at radius 3 is 2.64 bits per heavy atom. The summed E-state index contributed by atoms with van der Waals surface area (Å²) in [6, 6.07) is 9.35. The van der Waals surface area contributed by atoms with Gasteiger partial charge in [0.15, 0.2) is 0 Å². The molecule has 0 bridgehead atoms. The number of carbonyl (C=O) groups excluding carboxylic acids is 1. The quantitative estimate of drug-likeness (QED) is 0.864. The van der Waals surface area contributed by atoms with E-state index in [1.807, 2.05) is 0 Å². The largest absolute Gasteiger partial charge is 0.378 e. The molecule has 3 fully saturated rings. The summed E-state index contributed by atoms with van der Waals surface area (Å²) >= 11 is 0. The van der Waals surface area contributed by atoms with Gasteiger partial charge in [0.1, 0.15) is 0 Å². The van der Waals surface area contributed by atoms with Crippen molar-refractivity contribution >= 4 is 11.7 Å². The van der Waals surface area contributed by atoms with E-state index in [2.05, 4.69) is 46.3 Å². The highest BCUT2D eigenvalue weighted by Crippen LogP contribution is 2.39. The number of nitrogens with zero attached hydrogens (tertiary/aromatic N) is 2. The number of amides is 2. The number of hydrogen-bond donors (Lipinski definition) is 1. The summed E-state index contributed by atoms with van der Waals surface area (Å²) in [5.74, 6) is 0.715. The number of urea groups is 1. The SMILES string of the molecule is C[C@@H](C1CC1)N(C(=O)NCc1ccccc1N1CCOCC1)C1CC1. The molecule has 1 heterocycles. The summed E-state index contributed by atoms with van der Waals surface area (Å²) in [7, 11) is 0. The zero-order valence-electron chi connectivity index (χ0n) is 15.1. The number of rotatable bonds is 6. The average Bonchev–Trinajstić information content (AvgIpc) is 3.54. The van der Waals surface area contributed by atoms with Crippen LogP contribution in [0.15, 0.2) is 24.3 Å². The Morgan fingerprint density at radius 1 is 1.24 bits per heavy atom. The fourth-order valence-corrected chi connectivity index (χ4v) is 3.88. The number of nitrogens with one attached hydrogen (secondary N) is 1. The van der Waals surface area contributed by atoms with Gasteiger partial charge in [0.25, 0.3) is 0 Å². The smallest absolute Gasteiger partial charge is 0.318 e. The molecule has 2 aliphatic carbocycles. The van der Waals surface area contributed by atoms with Crippen LogP contribution in [0.4, 0.5) is 10.5 Å². The molecular formula is C20H29N3O2. The van der Waals surface area contributed by atoms with E-state index in [1.165, 1.54) is 24.1 Å². The van der Waals surface area contributed by atoms with Crippen LogP contribution in [0.5, 0.6) is 0 Å². The summed E-state index contributed by atoms with van der Waals surface area (Å²) in [5, 5.41) is 3.19. The van der Waals surface area contributed by atoms with Gasteiger partial charge >= 0.3 is 6.03 Å². The third-order valence-electron chi connectivity index (χ3n) is 5.69. The molecule has 0 aromatic heterocycles. The molecule has 1 atom stereocenters. The zero-order chi connectivity index (χ0) is 17.2. The summed E-state index contributed by atoms with van der Waals surface area (Å²) in [6.45, 7) is 6.18. The Morgan fingerprint density at radius 2 is 1.96 bits per heavy atom. The van der Waals surface area contributed by atoms with Gasteiger partial charge in [-0.2, -0.15) is 0 Å². The molecule has 2 amide bonds. The molecule has 3 aliphatic rings. The molecule has 136 valence electrons. The van der Waals surface area contributed by atoms with E-state index >= 15 is 0 Å². The van der Waals surface area contributed by atoms with Crippen LogP contribution in [0.25, 0.3) is 0 Å². The van der Waals surface area contributed by atoms with Gasteiger partial charge in [-0.15, -0.1) is 0 Å². The molecule has 1 aromatic carbocycles. The van der Waals surface area contributed by atoms with Gasteiger partial charge in [-0.05, 0) is 50.2 Å². The molecule has 0 radical (unpaired) electrons. The highest BCUT2D eigenvalue weighted by atomic mass is 16.5.